The molecule has 2 aromatic rings. The van der Waals surface area contributed by atoms with Gasteiger partial charge in [-0.3, -0.25) is 5.10 Å². The Labute approximate surface area is 89.3 Å². The third-order valence-electron chi connectivity index (χ3n) is 2.45. The molecular weight excluding hydrogens is 188 g/mol. The van der Waals surface area contributed by atoms with Gasteiger partial charge in [0.2, 0.25) is 0 Å². The number of aromatic nitrogens is 3. The summed E-state index contributed by atoms with van der Waals surface area (Å²) in [5, 5.41) is 10.1. The van der Waals surface area contributed by atoms with Crippen molar-refractivity contribution in [1.29, 1.82) is 0 Å². The lowest BCUT2D eigenvalue weighted by Crippen LogP contribution is -2.15. The summed E-state index contributed by atoms with van der Waals surface area (Å²) in [7, 11) is 0. The van der Waals surface area contributed by atoms with Crippen LogP contribution >= 0.6 is 0 Å². The molecule has 0 aliphatic rings. The maximum Gasteiger partial charge on any atom is 0.0532 e. The van der Waals surface area contributed by atoms with E-state index in [9.17, 15) is 0 Å². The van der Waals surface area contributed by atoms with Crippen molar-refractivity contribution >= 4 is 0 Å². The van der Waals surface area contributed by atoms with Gasteiger partial charge in [-0.15, -0.1) is 0 Å². The molecule has 4 nitrogen and oxygen atoms in total. The van der Waals surface area contributed by atoms with Crippen molar-refractivity contribution in [3.05, 3.63) is 42.0 Å². The van der Waals surface area contributed by atoms with Gasteiger partial charge in [-0.25, -0.2) is 0 Å². The van der Waals surface area contributed by atoms with Crippen LogP contribution in [0.2, 0.25) is 0 Å². The number of hydrogen-bond acceptors (Lipinski definition) is 2. The van der Waals surface area contributed by atoms with Gasteiger partial charge < -0.3 is 9.88 Å². The zero-order valence-corrected chi connectivity index (χ0v) is 8.90. The van der Waals surface area contributed by atoms with E-state index in [1.165, 1.54) is 11.3 Å². The molecule has 0 aliphatic carbocycles. The van der Waals surface area contributed by atoms with Gasteiger partial charge in [-0.05, 0) is 19.1 Å². The number of aryl methyl sites for hydroxylation is 1. The largest absolute Gasteiger partial charge is 0.351 e. The second-order valence-electron chi connectivity index (χ2n) is 3.50. The van der Waals surface area contributed by atoms with Crippen molar-refractivity contribution < 1.29 is 0 Å². The van der Waals surface area contributed by atoms with Crippen LogP contribution in [0.1, 0.15) is 18.2 Å². The molecule has 0 aliphatic heterocycles. The van der Waals surface area contributed by atoms with Gasteiger partial charge >= 0.3 is 0 Å². The Hall–Kier alpha value is -1.55. The molecule has 0 amide bonds. The summed E-state index contributed by atoms with van der Waals surface area (Å²) in [5.74, 6) is 0. The van der Waals surface area contributed by atoms with Crippen molar-refractivity contribution in [2.24, 2.45) is 0 Å². The van der Waals surface area contributed by atoms with E-state index in [0.717, 1.165) is 19.6 Å². The fourth-order valence-electron chi connectivity index (χ4n) is 1.63. The van der Waals surface area contributed by atoms with Gasteiger partial charge in [0.25, 0.3) is 0 Å². The summed E-state index contributed by atoms with van der Waals surface area (Å²) < 4.78 is 2.24. The zero-order valence-electron chi connectivity index (χ0n) is 8.90. The second-order valence-corrected chi connectivity index (χ2v) is 3.50. The van der Waals surface area contributed by atoms with Crippen LogP contribution in [0.15, 0.2) is 30.7 Å². The number of aromatic amines is 1. The molecule has 0 saturated heterocycles. The number of hydrogen-bond donors (Lipinski definition) is 2. The molecular formula is C11H16N4. The first-order valence-corrected chi connectivity index (χ1v) is 5.22. The van der Waals surface area contributed by atoms with Gasteiger partial charge in [0.15, 0.2) is 0 Å². The monoisotopic (exact) mass is 204 g/mol. The van der Waals surface area contributed by atoms with E-state index in [4.69, 9.17) is 0 Å². The summed E-state index contributed by atoms with van der Waals surface area (Å²) in [5.41, 5.74) is 2.51. The summed E-state index contributed by atoms with van der Waals surface area (Å²) >= 11 is 0. The van der Waals surface area contributed by atoms with Crippen LogP contribution in [0.4, 0.5) is 0 Å². The minimum absolute atomic E-state index is 0.853. The molecule has 4 heteroatoms. The molecule has 80 valence electrons. The summed E-state index contributed by atoms with van der Waals surface area (Å²) in [6, 6.07) is 4.23. The van der Waals surface area contributed by atoms with Gasteiger partial charge in [0.05, 0.1) is 6.20 Å². The topological polar surface area (TPSA) is 45.6 Å². The molecule has 0 radical (unpaired) electrons. The van der Waals surface area contributed by atoms with Crippen LogP contribution in [0.3, 0.4) is 0 Å². The Morgan fingerprint density at radius 1 is 1.47 bits per heavy atom. The van der Waals surface area contributed by atoms with Gasteiger partial charge in [0, 0.05) is 43.3 Å². The Bertz CT molecular complexity index is 388. The number of rotatable bonds is 5. The maximum absolute atomic E-state index is 3.90. The highest BCUT2D eigenvalue weighted by atomic mass is 15.1. The standard InChI is InChI=1S/C11H16N4/c1-2-15-5-3-4-11(15)9-12-6-10-7-13-14-8-10/h3-5,7-8,12H,2,6,9H2,1H3,(H,13,14). The van der Waals surface area contributed by atoms with E-state index < -0.39 is 0 Å². The van der Waals surface area contributed by atoms with E-state index >= 15 is 0 Å². The predicted molar refractivity (Wildman–Crippen MR) is 59.2 cm³/mol. The maximum atomic E-state index is 3.90. The first-order valence-electron chi connectivity index (χ1n) is 5.22. The minimum Gasteiger partial charge on any atom is -0.351 e. The van der Waals surface area contributed by atoms with E-state index in [1.807, 2.05) is 12.4 Å². The van der Waals surface area contributed by atoms with Gasteiger partial charge in [-0.2, -0.15) is 5.10 Å². The molecule has 0 atom stereocenters. The molecule has 15 heavy (non-hydrogen) atoms. The van der Waals surface area contributed by atoms with Crippen LogP contribution in [-0.4, -0.2) is 14.8 Å². The molecule has 0 aromatic carbocycles. The average Bonchev–Trinajstić information content (AvgIpc) is 2.88. The third-order valence-corrected chi connectivity index (χ3v) is 2.45. The van der Waals surface area contributed by atoms with Crippen molar-refractivity contribution in [1.82, 2.24) is 20.1 Å². The number of H-pyrrole nitrogens is 1. The zero-order chi connectivity index (χ0) is 10.5. The molecule has 2 N–H and O–H groups in total. The highest BCUT2D eigenvalue weighted by Crippen LogP contribution is 2.02. The Balaban J connectivity index is 1.83. The minimum atomic E-state index is 0.853. The average molecular weight is 204 g/mol. The highest BCUT2D eigenvalue weighted by Gasteiger charge is 1.98. The first-order chi connectivity index (χ1) is 7.40. The molecule has 0 bridgehead atoms. The SMILES string of the molecule is CCn1cccc1CNCc1cn[nH]c1. The summed E-state index contributed by atoms with van der Waals surface area (Å²) in [6.45, 7) is 4.92. The lowest BCUT2D eigenvalue weighted by atomic mass is 10.3. The van der Waals surface area contributed by atoms with E-state index in [-0.39, 0.29) is 0 Å². The van der Waals surface area contributed by atoms with Crippen LogP contribution in [0.5, 0.6) is 0 Å². The summed E-state index contributed by atoms with van der Waals surface area (Å²) in [4.78, 5) is 0. The molecule has 2 rings (SSSR count). The fraction of sp³-hybridized carbons (Fsp3) is 0.364. The van der Waals surface area contributed by atoms with Gasteiger partial charge in [0.1, 0.15) is 0 Å². The molecule has 2 heterocycles. The van der Waals surface area contributed by atoms with Crippen LogP contribution < -0.4 is 5.32 Å². The lowest BCUT2D eigenvalue weighted by molar-refractivity contribution is 0.629. The number of nitrogens with one attached hydrogen (secondary N) is 2. The molecule has 0 saturated carbocycles. The van der Waals surface area contributed by atoms with Crippen molar-refractivity contribution in [2.75, 3.05) is 0 Å². The predicted octanol–water partition coefficient (Wildman–Crippen LogP) is 1.52. The van der Waals surface area contributed by atoms with Crippen molar-refractivity contribution in [3.63, 3.8) is 0 Å². The molecule has 0 fully saturated rings. The Morgan fingerprint density at radius 2 is 2.40 bits per heavy atom. The lowest BCUT2D eigenvalue weighted by Gasteiger charge is -2.06. The number of nitrogens with zero attached hydrogens (tertiary/aromatic N) is 2. The van der Waals surface area contributed by atoms with Crippen molar-refractivity contribution in [3.8, 4) is 0 Å². The molecule has 2 aromatic heterocycles. The van der Waals surface area contributed by atoms with Gasteiger partial charge in [-0.1, -0.05) is 0 Å². The molecule has 0 spiro atoms. The van der Waals surface area contributed by atoms with E-state index in [0.29, 0.717) is 0 Å². The fourth-order valence-corrected chi connectivity index (χ4v) is 1.63. The van der Waals surface area contributed by atoms with E-state index in [2.05, 4.69) is 45.3 Å². The third kappa shape index (κ3) is 2.47. The highest BCUT2D eigenvalue weighted by molar-refractivity contribution is 5.07. The second kappa shape index (κ2) is 4.79. The van der Waals surface area contributed by atoms with Crippen LogP contribution in [0.25, 0.3) is 0 Å². The summed E-state index contributed by atoms with van der Waals surface area (Å²) in [6.07, 6.45) is 5.85. The van der Waals surface area contributed by atoms with Crippen molar-refractivity contribution in [2.45, 2.75) is 26.6 Å². The normalized spacial score (nSPS) is 10.7. The Kier molecular flexibility index (Phi) is 3.19. The first kappa shape index (κ1) is 9.98. The van der Waals surface area contributed by atoms with Crippen LogP contribution in [0, 0.1) is 0 Å². The van der Waals surface area contributed by atoms with Crippen LogP contribution in [-0.2, 0) is 19.6 Å². The smallest absolute Gasteiger partial charge is 0.0532 e. The Morgan fingerprint density at radius 3 is 3.13 bits per heavy atom. The van der Waals surface area contributed by atoms with E-state index in [1.54, 1.807) is 0 Å². The molecule has 0 unspecified atom stereocenters. The quantitative estimate of drug-likeness (QED) is 0.775.